The minimum atomic E-state index is -0.775. The van der Waals surface area contributed by atoms with Crippen molar-refractivity contribution in [2.45, 2.75) is 31.6 Å². The lowest BCUT2D eigenvalue weighted by Crippen LogP contribution is -2.41. The Bertz CT molecular complexity index is 384. The molecule has 1 amide bonds. The molecule has 0 fully saturated rings. The summed E-state index contributed by atoms with van der Waals surface area (Å²) in [5.74, 6) is -1.52. The summed E-state index contributed by atoms with van der Waals surface area (Å²) in [6, 6.07) is -0.706. The van der Waals surface area contributed by atoms with E-state index in [0.717, 1.165) is 11.8 Å². The number of carbonyl (C=O) groups is 4. The van der Waals surface area contributed by atoms with Crippen LogP contribution in [0.2, 0.25) is 0 Å². The second-order valence-electron chi connectivity index (χ2n) is 3.99. The topological polar surface area (TPSA) is 98.8 Å². The first kappa shape index (κ1) is 18.4. The van der Waals surface area contributed by atoms with Gasteiger partial charge in [-0.15, -0.1) is 11.8 Å². The summed E-state index contributed by atoms with van der Waals surface area (Å²) in [7, 11) is 2.43. The van der Waals surface area contributed by atoms with Crippen LogP contribution in [-0.2, 0) is 28.7 Å². The van der Waals surface area contributed by atoms with E-state index >= 15 is 0 Å². The highest BCUT2D eigenvalue weighted by molar-refractivity contribution is 8.00. The monoisotopic (exact) mass is 305 g/mol. The number of ether oxygens (including phenoxy) is 2. The average Bonchev–Trinajstić information content (AvgIpc) is 2.39. The van der Waals surface area contributed by atoms with Gasteiger partial charge in [-0.2, -0.15) is 0 Å². The molecule has 20 heavy (non-hydrogen) atoms. The van der Waals surface area contributed by atoms with Crippen LogP contribution < -0.4 is 5.32 Å². The van der Waals surface area contributed by atoms with E-state index in [-0.39, 0.29) is 23.9 Å². The number of hydrogen-bond acceptors (Lipinski definition) is 7. The minimum absolute atomic E-state index is 0.154. The van der Waals surface area contributed by atoms with Gasteiger partial charge in [0.25, 0.3) is 0 Å². The van der Waals surface area contributed by atoms with Gasteiger partial charge in [0.05, 0.1) is 26.7 Å². The van der Waals surface area contributed by atoms with E-state index in [2.05, 4.69) is 14.8 Å². The van der Waals surface area contributed by atoms with Gasteiger partial charge in [0.1, 0.15) is 5.25 Å². The molecule has 0 aromatic carbocycles. The van der Waals surface area contributed by atoms with Gasteiger partial charge in [-0.05, 0) is 6.92 Å². The molecular weight excluding hydrogens is 286 g/mol. The van der Waals surface area contributed by atoms with E-state index in [4.69, 9.17) is 0 Å². The lowest BCUT2D eigenvalue weighted by molar-refractivity contribution is -0.146. The van der Waals surface area contributed by atoms with Crippen LogP contribution in [0.15, 0.2) is 0 Å². The summed E-state index contributed by atoms with van der Waals surface area (Å²) in [5.41, 5.74) is 0. The molecule has 0 rings (SSSR count). The van der Waals surface area contributed by atoms with Gasteiger partial charge in [-0.25, -0.2) is 0 Å². The maximum Gasteiger partial charge on any atom is 0.319 e. The molecule has 0 aliphatic heterocycles. The first-order chi connectivity index (χ1) is 9.31. The molecule has 7 nitrogen and oxygen atoms in total. The molecule has 1 N–H and O–H groups in total. The Morgan fingerprint density at radius 1 is 1.10 bits per heavy atom. The zero-order chi connectivity index (χ0) is 15.7. The summed E-state index contributed by atoms with van der Waals surface area (Å²) in [5, 5.41) is 1.71. The summed E-state index contributed by atoms with van der Waals surface area (Å²) < 4.78 is 9.09. The molecule has 8 heteroatoms. The van der Waals surface area contributed by atoms with Crippen molar-refractivity contribution >= 4 is 35.4 Å². The molecule has 0 spiro atoms. The van der Waals surface area contributed by atoms with Crippen molar-refractivity contribution in [1.29, 1.82) is 0 Å². The molecule has 0 saturated heterocycles. The molecule has 0 radical (unpaired) electrons. The van der Waals surface area contributed by atoms with Crippen molar-refractivity contribution < 1.29 is 28.7 Å². The summed E-state index contributed by atoms with van der Waals surface area (Å²) >= 11 is 1.07. The molecular formula is C12H19NO6S. The number of methoxy groups -OCH3 is 2. The van der Waals surface area contributed by atoms with Crippen molar-refractivity contribution in [3.63, 3.8) is 0 Å². The quantitative estimate of drug-likeness (QED) is 0.626. The van der Waals surface area contributed by atoms with E-state index in [1.807, 2.05) is 0 Å². The third-order valence-corrected chi connectivity index (χ3v) is 3.66. The number of thioether (sulfide) groups is 1. The Kier molecular flexibility index (Phi) is 8.62. The van der Waals surface area contributed by atoms with E-state index < -0.39 is 23.2 Å². The lowest BCUT2D eigenvalue weighted by Gasteiger charge is -2.18. The summed E-state index contributed by atoms with van der Waals surface area (Å²) in [6.45, 7) is 2.64. The number of ketones is 1. The van der Waals surface area contributed by atoms with Gasteiger partial charge in [0.2, 0.25) is 5.91 Å². The van der Waals surface area contributed by atoms with Crippen LogP contribution in [0.5, 0.6) is 0 Å². The highest BCUT2D eigenvalue weighted by Crippen LogP contribution is 2.18. The molecule has 0 heterocycles. The lowest BCUT2D eigenvalue weighted by atomic mass is 10.2. The Balaban J connectivity index is 4.63. The fourth-order valence-electron chi connectivity index (χ4n) is 1.29. The van der Waals surface area contributed by atoms with Crippen LogP contribution >= 0.6 is 11.8 Å². The van der Waals surface area contributed by atoms with Gasteiger partial charge in [-0.1, -0.05) is 0 Å². The number of amides is 1. The van der Waals surface area contributed by atoms with Crippen LogP contribution in [0, 0.1) is 0 Å². The highest BCUT2D eigenvalue weighted by atomic mass is 32.2. The van der Waals surface area contributed by atoms with Gasteiger partial charge in [0.15, 0.2) is 5.78 Å². The Morgan fingerprint density at radius 2 is 1.70 bits per heavy atom. The Labute approximate surface area is 121 Å². The van der Waals surface area contributed by atoms with E-state index in [1.54, 1.807) is 0 Å². The number of hydrogen-bond donors (Lipinski definition) is 1. The van der Waals surface area contributed by atoms with Crippen LogP contribution in [0.1, 0.15) is 20.3 Å². The maximum atomic E-state index is 11.5. The minimum Gasteiger partial charge on any atom is -0.469 e. The fraction of sp³-hybridized carbons (Fsp3) is 0.667. The normalized spacial score (nSPS) is 13.0. The molecule has 0 aliphatic carbocycles. The molecule has 0 aromatic heterocycles. The first-order valence-electron chi connectivity index (χ1n) is 5.85. The SMILES string of the molecule is COC(=O)CC(SCC(NC(C)=O)C(C)=O)C(=O)OC. The van der Waals surface area contributed by atoms with Crippen LogP contribution in [-0.4, -0.2) is 54.9 Å². The molecule has 0 bridgehead atoms. The largest absolute Gasteiger partial charge is 0.469 e. The number of esters is 2. The third-order valence-electron chi connectivity index (χ3n) is 2.38. The molecule has 0 saturated carbocycles. The number of rotatable bonds is 8. The maximum absolute atomic E-state index is 11.5. The highest BCUT2D eigenvalue weighted by Gasteiger charge is 2.26. The van der Waals surface area contributed by atoms with E-state index in [9.17, 15) is 19.2 Å². The number of Topliss-reactive ketones (excluding diaryl/α,β-unsaturated/α-hetero) is 1. The number of carbonyl (C=O) groups excluding carboxylic acids is 4. The van der Waals surface area contributed by atoms with Crippen LogP contribution in [0.25, 0.3) is 0 Å². The predicted octanol–water partition coefficient (Wildman–Crippen LogP) is -0.0820. The standard InChI is InChI=1S/C12H19NO6S/c1-7(14)9(13-8(2)15)6-20-10(12(17)19-4)5-11(16)18-3/h9-10H,5-6H2,1-4H3,(H,13,15). The summed E-state index contributed by atoms with van der Waals surface area (Å²) in [4.78, 5) is 45.1. The molecule has 114 valence electrons. The van der Waals surface area contributed by atoms with Crippen molar-refractivity contribution in [2.24, 2.45) is 0 Å². The fourth-order valence-corrected chi connectivity index (χ4v) is 2.52. The number of nitrogens with one attached hydrogen (secondary N) is 1. The van der Waals surface area contributed by atoms with Gasteiger partial charge in [-0.3, -0.25) is 19.2 Å². The Morgan fingerprint density at radius 3 is 2.10 bits per heavy atom. The predicted molar refractivity (Wildman–Crippen MR) is 73.2 cm³/mol. The second-order valence-corrected chi connectivity index (χ2v) is 5.22. The van der Waals surface area contributed by atoms with E-state index in [1.165, 1.54) is 28.1 Å². The van der Waals surface area contributed by atoms with Crippen LogP contribution in [0.4, 0.5) is 0 Å². The zero-order valence-electron chi connectivity index (χ0n) is 11.9. The molecule has 2 unspecified atom stereocenters. The van der Waals surface area contributed by atoms with Crippen molar-refractivity contribution in [3.05, 3.63) is 0 Å². The zero-order valence-corrected chi connectivity index (χ0v) is 12.7. The molecule has 0 aromatic rings. The van der Waals surface area contributed by atoms with Gasteiger partial charge in [0, 0.05) is 12.7 Å². The third kappa shape index (κ3) is 7.13. The second kappa shape index (κ2) is 9.35. The smallest absolute Gasteiger partial charge is 0.319 e. The van der Waals surface area contributed by atoms with E-state index in [0.29, 0.717) is 0 Å². The van der Waals surface area contributed by atoms with Crippen LogP contribution in [0.3, 0.4) is 0 Å². The first-order valence-corrected chi connectivity index (χ1v) is 6.90. The molecule has 0 aliphatic rings. The summed E-state index contributed by atoms with van der Waals surface area (Å²) in [6.07, 6.45) is -0.154. The van der Waals surface area contributed by atoms with Crippen molar-refractivity contribution in [1.82, 2.24) is 5.32 Å². The average molecular weight is 305 g/mol. The van der Waals surface area contributed by atoms with Gasteiger partial charge < -0.3 is 14.8 Å². The Hall–Kier alpha value is -1.57. The van der Waals surface area contributed by atoms with Gasteiger partial charge >= 0.3 is 11.9 Å². The molecule has 2 atom stereocenters. The van der Waals surface area contributed by atoms with Crippen molar-refractivity contribution in [3.8, 4) is 0 Å². The van der Waals surface area contributed by atoms with Crippen molar-refractivity contribution in [2.75, 3.05) is 20.0 Å².